The number of anilines is 1. The number of piperazine rings is 1. The highest BCUT2D eigenvalue weighted by atomic mass is 35.5. The van der Waals surface area contributed by atoms with Gasteiger partial charge in [-0.1, -0.05) is 0 Å². The number of aromatic nitrogens is 2. The van der Waals surface area contributed by atoms with Crippen molar-refractivity contribution < 1.29 is 9.53 Å². The maximum absolute atomic E-state index is 12.6. The van der Waals surface area contributed by atoms with Crippen molar-refractivity contribution in [3.8, 4) is 0 Å². The molecular weight excluding hydrogens is 353 g/mol. The van der Waals surface area contributed by atoms with Gasteiger partial charge in [0.1, 0.15) is 0 Å². The molecule has 3 rings (SSSR count). The lowest BCUT2D eigenvalue weighted by Gasteiger charge is -2.37. The third kappa shape index (κ3) is 4.92. The van der Waals surface area contributed by atoms with E-state index in [9.17, 15) is 4.79 Å². The fourth-order valence-electron chi connectivity index (χ4n) is 3.11. The normalized spacial score (nSPS) is 19.9. The van der Waals surface area contributed by atoms with E-state index in [0.29, 0.717) is 26.3 Å². The Balaban J connectivity index is 0.00000144. The first kappa shape index (κ1) is 20.9. The highest BCUT2D eigenvalue weighted by Crippen LogP contribution is 2.20. The summed E-state index contributed by atoms with van der Waals surface area (Å²) in [5, 5.41) is 8.01. The van der Waals surface area contributed by atoms with Crippen LogP contribution in [0, 0.1) is 5.92 Å². The fraction of sp³-hybridized carbons (Fsp3) is 0.667. The molecule has 1 amide bonds. The molecule has 2 N–H and O–H groups in total. The zero-order valence-electron chi connectivity index (χ0n) is 13.5. The van der Waals surface area contributed by atoms with Gasteiger partial charge >= 0.3 is 0 Å². The number of amides is 1. The smallest absolute Gasteiger partial charge is 0.239 e. The SMILES string of the molecule is Cl.Cl.NC(C(=O)N1CCN(c2cccnn2)CC1)C1CCOCC1. The van der Waals surface area contributed by atoms with Crippen molar-refractivity contribution in [2.24, 2.45) is 11.7 Å². The molecule has 0 aromatic carbocycles. The van der Waals surface area contributed by atoms with Crippen LogP contribution in [-0.2, 0) is 9.53 Å². The van der Waals surface area contributed by atoms with Crippen LogP contribution in [0.1, 0.15) is 12.8 Å². The van der Waals surface area contributed by atoms with Crippen molar-refractivity contribution >= 4 is 36.5 Å². The quantitative estimate of drug-likeness (QED) is 0.835. The number of carbonyl (C=O) groups excluding carboxylic acids is 1. The summed E-state index contributed by atoms with van der Waals surface area (Å²) in [4.78, 5) is 16.6. The van der Waals surface area contributed by atoms with Crippen molar-refractivity contribution in [1.82, 2.24) is 15.1 Å². The summed E-state index contributed by atoms with van der Waals surface area (Å²) >= 11 is 0. The molecule has 1 aromatic rings. The number of halogens is 2. The maximum Gasteiger partial charge on any atom is 0.239 e. The van der Waals surface area contributed by atoms with E-state index in [2.05, 4.69) is 15.1 Å². The largest absolute Gasteiger partial charge is 0.381 e. The third-order valence-electron chi connectivity index (χ3n) is 4.53. The van der Waals surface area contributed by atoms with Gasteiger partial charge in [0.2, 0.25) is 5.91 Å². The van der Waals surface area contributed by atoms with Gasteiger partial charge in [0, 0.05) is 45.6 Å². The fourth-order valence-corrected chi connectivity index (χ4v) is 3.11. The van der Waals surface area contributed by atoms with Crippen LogP contribution in [-0.4, -0.2) is 66.4 Å². The first-order valence-corrected chi connectivity index (χ1v) is 7.90. The molecule has 0 radical (unpaired) electrons. The number of rotatable bonds is 3. The van der Waals surface area contributed by atoms with Gasteiger partial charge in [0.25, 0.3) is 0 Å². The van der Waals surface area contributed by atoms with Crippen molar-refractivity contribution in [1.29, 1.82) is 0 Å². The van der Waals surface area contributed by atoms with Gasteiger partial charge in [-0.25, -0.2) is 0 Å². The standard InChI is InChI=1S/C15H23N5O2.2ClH/c16-14(12-3-10-22-11-4-12)15(21)20-8-6-19(7-9-20)13-2-1-5-17-18-13;;/h1-2,5,12,14H,3-4,6-11,16H2;2*1H. The van der Waals surface area contributed by atoms with Gasteiger partial charge in [0.15, 0.2) is 5.82 Å². The molecule has 7 nitrogen and oxygen atoms in total. The lowest BCUT2D eigenvalue weighted by atomic mass is 9.91. The molecule has 9 heteroatoms. The predicted octanol–water partition coefficient (Wildman–Crippen LogP) is 0.723. The molecule has 0 spiro atoms. The lowest BCUT2D eigenvalue weighted by Crippen LogP contribution is -2.55. The minimum atomic E-state index is -0.396. The Morgan fingerprint density at radius 1 is 1.21 bits per heavy atom. The number of nitrogens with zero attached hydrogens (tertiary/aromatic N) is 4. The molecule has 2 saturated heterocycles. The number of hydrogen-bond acceptors (Lipinski definition) is 6. The molecule has 24 heavy (non-hydrogen) atoms. The minimum Gasteiger partial charge on any atom is -0.381 e. The predicted molar refractivity (Wildman–Crippen MR) is 96.8 cm³/mol. The molecule has 1 atom stereocenters. The Morgan fingerprint density at radius 3 is 2.46 bits per heavy atom. The Hall–Kier alpha value is -1.15. The summed E-state index contributed by atoms with van der Waals surface area (Å²) in [5.41, 5.74) is 6.19. The Kier molecular flexibility index (Phi) is 8.69. The molecule has 3 heterocycles. The number of ether oxygens (including phenoxy) is 1. The van der Waals surface area contributed by atoms with Crippen molar-refractivity contribution in [3.63, 3.8) is 0 Å². The van der Waals surface area contributed by atoms with Crippen LogP contribution in [0.2, 0.25) is 0 Å². The van der Waals surface area contributed by atoms with Gasteiger partial charge in [-0.2, -0.15) is 5.10 Å². The first-order valence-electron chi connectivity index (χ1n) is 7.90. The first-order chi connectivity index (χ1) is 10.8. The Morgan fingerprint density at radius 2 is 1.88 bits per heavy atom. The Labute approximate surface area is 154 Å². The van der Waals surface area contributed by atoms with E-state index in [0.717, 1.165) is 31.7 Å². The molecule has 1 unspecified atom stereocenters. The summed E-state index contributed by atoms with van der Waals surface area (Å²) in [6, 6.07) is 3.42. The highest BCUT2D eigenvalue weighted by Gasteiger charge is 2.31. The molecule has 0 saturated carbocycles. The number of nitrogens with two attached hydrogens (primary N) is 1. The van der Waals surface area contributed by atoms with E-state index in [1.165, 1.54) is 0 Å². The summed E-state index contributed by atoms with van der Waals surface area (Å²) in [7, 11) is 0. The molecule has 1 aromatic heterocycles. The second-order valence-electron chi connectivity index (χ2n) is 5.87. The topological polar surface area (TPSA) is 84.6 Å². The molecule has 0 bridgehead atoms. The van der Waals surface area contributed by atoms with Crippen LogP contribution in [0.25, 0.3) is 0 Å². The number of hydrogen-bond donors (Lipinski definition) is 1. The molecule has 2 aliphatic heterocycles. The summed E-state index contributed by atoms with van der Waals surface area (Å²) in [5.74, 6) is 1.19. The zero-order valence-corrected chi connectivity index (χ0v) is 15.2. The monoisotopic (exact) mass is 377 g/mol. The van der Waals surface area contributed by atoms with Crippen molar-refractivity contribution in [3.05, 3.63) is 18.3 Å². The highest BCUT2D eigenvalue weighted by molar-refractivity contribution is 5.85. The molecule has 2 fully saturated rings. The van der Waals surface area contributed by atoms with Crippen molar-refractivity contribution in [2.75, 3.05) is 44.3 Å². The van der Waals surface area contributed by atoms with E-state index in [4.69, 9.17) is 10.5 Å². The van der Waals surface area contributed by atoms with Gasteiger partial charge in [-0.3, -0.25) is 4.79 Å². The van der Waals surface area contributed by atoms with Crippen LogP contribution in [0.3, 0.4) is 0 Å². The van der Waals surface area contributed by atoms with Crippen LogP contribution in [0.4, 0.5) is 5.82 Å². The van der Waals surface area contributed by atoms with E-state index in [1.54, 1.807) is 6.20 Å². The van der Waals surface area contributed by atoms with Crippen LogP contribution in [0.15, 0.2) is 18.3 Å². The second-order valence-corrected chi connectivity index (χ2v) is 5.87. The van der Waals surface area contributed by atoms with E-state index in [-0.39, 0.29) is 36.6 Å². The van der Waals surface area contributed by atoms with Gasteiger partial charge in [0.05, 0.1) is 6.04 Å². The van der Waals surface area contributed by atoms with E-state index >= 15 is 0 Å². The molecule has 136 valence electrons. The maximum atomic E-state index is 12.6. The molecule has 0 aliphatic carbocycles. The Bertz CT molecular complexity index is 494. The van der Waals surface area contributed by atoms with Gasteiger partial charge in [-0.05, 0) is 30.9 Å². The van der Waals surface area contributed by atoms with E-state index < -0.39 is 6.04 Å². The van der Waals surface area contributed by atoms with E-state index in [1.807, 2.05) is 17.0 Å². The lowest BCUT2D eigenvalue weighted by molar-refractivity contribution is -0.135. The average Bonchev–Trinajstić information content (AvgIpc) is 2.62. The zero-order chi connectivity index (χ0) is 15.4. The summed E-state index contributed by atoms with van der Waals surface area (Å²) < 4.78 is 5.34. The van der Waals surface area contributed by atoms with Crippen molar-refractivity contribution in [2.45, 2.75) is 18.9 Å². The van der Waals surface area contributed by atoms with Crippen LogP contribution < -0.4 is 10.6 Å². The third-order valence-corrected chi connectivity index (χ3v) is 4.53. The second kappa shape index (κ2) is 9.98. The summed E-state index contributed by atoms with van der Waals surface area (Å²) in [6.45, 7) is 4.34. The molecular formula is C15H25Cl2N5O2. The summed E-state index contributed by atoms with van der Waals surface area (Å²) in [6.07, 6.45) is 3.43. The van der Waals surface area contributed by atoms with Crippen LogP contribution >= 0.6 is 24.8 Å². The van der Waals surface area contributed by atoms with Gasteiger partial charge in [-0.15, -0.1) is 29.9 Å². The minimum absolute atomic E-state index is 0. The van der Waals surface area contributed by atoms with Crippen LogP contribution in [0.5, 0.6) is 0 Å². The van der Waals surface area contributed by atoms with Gasteiger partial charge < -0.3 is 20.3 Å². The molecule has 2 aliphatic rings. The average molecular weight is 378 g/mol. The number of carbonyl (C=O) groups is 1.